The molecule has 0 bridgehead atoms. The van der Waals surface area contributed by atoms with Crippen LogP contribution in [-0.2, 0) is 0 Å². The predicted octanol–water partition coefficient (Wildman–Crippen LogP) is 2.19. The Bertz CT molecular complexity index is 430. The van der Waals surface area contributed by atoms with E-state index in [4.69, 9.17) is 0 Å². The van der Waals surface area contributed by atoms with Crippen molar-refractivity contribution >= 4 is 11.8 Å². The lowest BCUT2D eigenvalue weighted by Gasteiger charge is -2.11. The zero-order chi connectivity index (χ0) is 12.8. The molecule has 0 atom stereocenters. The van der Waals surface area contributed by atoms with E-state index in [1.165, 1.54) is 15.5 Å². The highest BCUT2D eigenvalue weighted by molar-refractivity contribution is 5.99. The summed E-state index contributed by atoms with van der Waals surface area (Å²) < 4.78 is 1.37. The summed E-state index contributed by atoms with van der Waals surface area (Å²) in [6.07, 6.45) is 6.81. The molecule has 0 aliphatic heterocycles. The average Bonchev–Trinajstić information content (AvgIpc) is 2.76. The first-order valence-electron chi connectivity index (χ1n) is 5.67. The number of nitrogens with zero attached hydrogens (tertiary/aromatic N) is 2. The summed E-state index contributed by atoms with van der Waals surface area (Å²) in [6, 6.07) is 3.34. The maximum atomic E-state index is 11.8. The lowest BCUT2D eigenvalue weighted by atomic mass is 10.3. The van der Waals surface area contributed by atoms with Crippen LogP contribution in [-0.4, -0.2) is 35.4 Å². The summed E-state index contributed by atoms with van der Waals surface area (Å²) >= 11 is 0. The normalized spacial score (nSPS) is 10.8. The monoisotopic (exact) mass is 234 g/mol. The molecule has 4 nitrogen and oxygen atoms in total. The minimum Gasteiger partial charge on any atom is -0.343 e. The van der Waals surface area contributed by atoms with E-state index in [0.717, 1.165) is 12.8 Å². The summed E-state index contributed by atoms with van der Waals surface area (Å²) in [5, 5.41) is 0. The molecular weight excluding hydrogens is 216 g/mol. The van der Waals surface area contributed by atoms with Crippen LogP contribution in [0.5, 0.6) is 0 Å². The second-order valence-electron chi connectivity index (χ2n) is 3.99. The molecule has 0 radical (unpaired) electrons. The van der Waals surface area contributed by atoms with Crippen molar-refractivity contribution in [2.45, 2.75) is 19.8 Å². The Kier molecular flexibility index (Phi) is 4.69. The van der Waals surface area contributed by atoms with Gasteiger partial charge < -0.3 is 4.90 Å². The minimum absolute atomic E-state index is 0.174. The number of hydrogen-bond donors (Lipinski definition) is 0. The van der Waals surface area contributed by atoms with Crippen molar-refractivity contribution in [2.75, 3.05) is 14.1 Å². The van der Waals surface area contributed by atoms with E-state index in [1.807, 2.05) is 13.0 Å². The average molecular weight is 234 g/mol. The van der Waals surface area contributed by atoms with Gasteiger partial charge in [0.15, 0.2) is 0 Å². The van der Waals surface area contributed by atoms with E-state index in [2.05, 4.69) is 0 Å². The Hall–Kier alpha value is -1.84. The van der Waals surface area contributed by atoms with Gasteiger partial charge in [-0.1, -0.05) is 19.4 Å². The summed E-state index contributed by atoms with van der Waals surface area (Å²) in [7, 11) is 3.33. The van der Waals surface area contributed by atoms with E-state index in [-0.39, 0.29) is 11.8 Å². The highest BCUT2D eigenvalue weighted by Crippen LogP contribution is 2.05. The number of aromatic nitrogens is 1. The lowest BCUT2D eigenvalue weighted by molar-refractivity contribution is 0.0802. The van der Waals surface area contributed by atoms with Crippen molar-refractivity contribution in [1.29, 1.82) is 0 Å². The molecule has 1 heterocycles. The summed E-state index contributed by atoms with van der Waals surface area (Å²) in [4.78, 5) is 25.1. The van der Waals surface area contributed by atoms with Gasteiger partial charge in [-0.3, -0.25) is 14.2 Å². The van der Waals surface area contributed by atoms with Gasteiger partial charge in [-0.15, -0.1) is 0 Å². The maximum absolute atomic E-state index is 11.8. The third-order valence-corrected chi connectivity index (χ3v) is 2.33. The van der Waals surface area contributed by atoms with Crippen LogP contribution >= 0.6 is 0 Å². The van der Waals surface area contributed by atoms with Gasteiger partial charge in [0.1, 0.15) is 5.69 Å². The van der Waals surface area contributed by atoms with Crippen LogP contribution in [0.2, 0.25) is 0 Å². The molecule has 0 aliphatic rings. The molecule has 1 aromatic heterocycles. The largest absolute Gasteiger partial charge is 0.343 e. The van der Waals surface area contributed by atoms with Crippen LogP contribution in [0, 0.1) is 0 Å². The topological polar surface area (TPSA) is 42.3 Å². The fraction of sp³-hybridized carbons (Fsp3) is 0.385. The van der Waals surface area contributed by atoms with E-state index < -0.39 is 0 Å². The number of unbranched alkanes of at least 4 members (excludes halogenated alkanes) is 1. The molecule has 1 rings (SSSR count). The standard InChI is InChI=1S/C13H18N2O2/c1-4-5-6-9-12(16)15-10-7-8-11(15)13(17)14(2)3/h6-10H,4-5H2,1-3H3/b9-6+. The summed E-state index contributed by atoms with van der Waals surface area (Å²) in [5.74, 6) is -0.360. The number of allylic oxidation sites excluding steroid dienone is 2. The molecule has 1 aromatic rings. The lowest BCUT2D eigenvalue weighted by Crippen LogP contribution is -2.26. The molecule has 92 valence electrons. The van der Waals surface area contributed by atoms with Gasteiger partial charge in [0.25, 0.3) is 11.8 Å². The van der Waals surface area contributed by atoms with Crippen molar-refractivity contribution < 1.29 is 9.59 Å². The summed E-state index contributed by atoms with van der Waals surface area (Å²) in [6.45, 7) is 2.05. The van der Waals surface area contributed by atoms with Crippen molar-refractivity contribution in [3.8, 4) is 0 Å². The Balaban J connectivity index is 2.89. The first kappa shape index (κ1) is 13.2. The molecule has 0 aliphatic carbocycles. The number of carbonyl (C=O) groups excluding carboxylic acids is 2. The predicted molar refractivity (Wildman–Crippen MR) is 67.1 cm³/mol. The van der Waals surface area contributed by atoms with Crippen molar-refractivity contribution in [3.05, 3.63) is 36.2 Å². The molecule has 0 N–H and O–H groups in total. The van der Waals surface area contributed by atoms with E-state index in [0.29, 0.717) is 5.69 Å². The number of carbonyl (C=O) groups is 2. The Labute approximate surface area is 102 Å². The van der Waals surface area contributed by atoms with E-state index >= 15 is 0 Å². The van der Waals surface area contributed by atoms with Gasteiger partial charge in [-0.2, -0.15) is 0 Å². The molecule has 0 unspecified atom stereocenters. The second kappa shape index (κ2) is 6.03. The van der Waals surface area contributed by atoms with Crippen LogP contribution < -0.4 is 0 Å². The number of amides is 1. The van der Waals surface area contributed by atoms with E-state index in [1.54, 1.807) is 32.4 Å². The quantitative estimate of drug-likeness (QED) is 0.749. The van der Waals surface area contributed by atoms with Crippen LogP contribution in [0.1, 0.15) is 35.0 Å². The number of hydrogen-bond acceptors (Lipinski definition) is 2. The van der Waals surface area contributed by atoms with Crippen molar-refractivity contribution in [3.63, 3.8) is 0 Å². The van der Waals surface area contributed by atoms with Gasteiger partial charge in [0.2, 0.25) is 0 Å². The van der Waals surface area contributed by atoms with Crippen LogP contribution in [0.25, 0.3) is 0 Å². The molecule has 17 heavy (non-hydrogen) atoms. The zero-order valence-corrected chi connectivity index (χ0v) is 10.5. The van der Waals surface area contributed by atoms with Crippen LogP contribution in [0.15, 0.2) is 30.5 Å². The Morgan fingerprint density at radius 3 is 2.71 bits per heavy atom. The van der Waals surface area contributed by atoms with Gasteiger partial charge in [0, 0.05) is 20.3 Å². The third-order valence-electron chi connectivity index (χ3n) is 2.33. The fourth-order valence-corrected chi connectivity index (χ4v) is 1.41. The molecule has 0 spiro atoms. The summed E-state index contributed by atoms with van der Waals surface area (Å²) in [5.41, 5.74) is 0.390. The SMILES string of the molecule is CCC/C=C/C(=O)n1cccc1C(=O)N(C)C. The highest BCUT2D eigenvalue weighted by atomic mass is 16.2. The Morgan fingerprint density at radius 1 is 1.41 bits per heavy atom. The third kappa shape index (κ3) is 3.31. The molecule has 0 saturated heterocycles. The first-order valence-corrected chi connectivity index (χ1v) is 5.67. The number of rotatable bonds is 4. The van der Waals surface area contributed by atoms with E-state index in [9.17, 15) is 9.59 Å². The zero-order valence-electron chi connectivity index (χ0n) is 10.5. The van der Waals surface area contributed by atoms with Crippen molar-refractivity contribution in [2.24, 2.45) is 0 Å². The first-order chi connectivity index (χ1) is 8.07. The molecule has 4 heteroatoms. The minimum atomic E-state index is -0.186. The smallest absolute Gasteiger partial charge is 0.270 e. The molecule has 1 amide bonds. The van der Waals surface area contributed by atoms with Gasteiger partial charge in [-0.05, 0) is 24.6 Å². The van der Waals surface area contributed by atoms with Crippen LogP contribution in [0.4, 0.5) is 0 Å². The second-order valence-corrected chi connectivity index (χ2v) is 3.99. The maximum Gasteiger partial charge on any atom is 0.270 e. The molecule has 0 fully saturated rings. The van der Waals surface area contributed by atoms with Gasteiger partial charge in [0.05, 0.1) is 0 Å². The molecule has 0 aromatic carbocycles. The van der Waals surface area contributed by atoms with Gasteiger partial charge in [-0.25, -0.2) is 0 Å². The fourth-order valence-electron chi connectivity index (χ4n) is 1.41. The molecule has 0 saturated carbocycles. The molecular formula is C13H18N2O2. The van der Waals surface area contributed by atoms with Crippen LogP contribution in [0.3, 0.4) is 0 Å². The van der Waals surface area contributed by atoms with Crippen molar-refractivity contribution in [1.82, 2.24) is 9.47 Å². The Morgan fingerprint density at radius 2 is 2.12 bits per heavy atom. The highest BCUT2D eigenvalue weighted by Gasteiger charge is 2.15. The van der Waals surface area contributed by atoms with Gasteiger partial charge >= 0.3 is 0 Å².